The van der Waals surface area contributed by atoms with Crippen LogP contribution in [0.4, 0.5) is 0 Å². The van der Waals surface area contributed by atoms with Crippen molar-refractivity contribution in [3.8, 4) is 0 Å². The van der Waals surface area contributed by atoms with E-state index in [0.717, 1.165) is 25.7 Å². The van der Waals surface area contributed by atoms with Gasteiger partial charge in [-0.3, -0.25) is 4.79 Å². The first-order chi connectivity index (χ1) is 7.11. The van der Waals surface area contributed by atoms with Crippen molar-refractivity contribution < 1.29 is 9.00 Å². The van der Waals surface area contributed by atoms with Crippen LogP contribution in [-0.4, -0.2) is 22.9 Å². The van der Waals surface area contributed by atoms with Crippen LogP contribution in [0.2, 0.25) is 0 Å². The molecule has 0 spiro atoms. The lowest BCUT2D eigenvalue weighted by Crippen LogP contribution is -2.34. The van der Waals surface area contributed by atoms with Gasteiger partial charge in [-0.25, -0.2) is 8.93 Å². The monoisotopic (exact) mass is 232 g/mol. The van der Waals surface area contributed by atoms with Crippen molar-refractivity contribution in [3.63, 3.8) is 0 Å². The summed E-state index contributed by atoms with van der Waals surface area (Å²) in [6.07, 6.45) is 6.81. The molecule has 88 valence electrons. The summed E-state index contributed by atoms with van der Waals surface area (Å²) in [6, 6.07) is 0. The van der Waals surface area contributed by atoms with E-state index in [1.54, 1.807) is 6.26 Å². The second-order valence-corrected chi connectivity index (χ2v) is 5.39. The largest absolute Gasteiger partial charge is 0.369 e. The highest BCUT2D eigenvalue weighted by Gasteiger charge is 2.28. The number of rotatable bonds is 5. The summed E-state index contributed by atoms with van der Waals surface area (Å²) in [5.41, 5.74) is 5.37. The maximum absolute atomic E-state index is 11.2. The lowest BCUT2D eigenvalue weighted by atomic mass is 9.77. The predicted molar refractivity (Wildman–Crippen MR) is 61.3 cm³/mol. The molecule has 5 heteroatoms. The van der Waals surface area contributed by atoms with Crippen LogP contribution >= 0.6 is 0 Å². The van der Waals surface area contributed by atoms with E-state index < -0.39 is 11.0 Å². The number of carbonyl (C=O) groups is 1. The number of primary amides is 1. The van der Waals surface area contributed by atoms with Crippen molar-refractivity contribution in [1.29, 1.82) is 0 Å². The average molecular weight is 232 g/mol. The van der Waals surface area contributed by atoms with Crippen LogP contribution in [0.15, 0.2) is 0 Å². The van der Waals surface area contributed by atoms with Crippen LogP contribution in [0.1, 0.15) is 32.1 Å². The van der Waals surface area contributed by atoms with Crippen LogP contribution in [-0.2, 0) is 15.8 Å². The number of hydrogen-bond acceptors (Lipinski definition) is 2. The molecule has 15 heavy (non-hydrogen) atoms. The molecule has 0 bridgehead atoms. The molecular weight excluding hydrogens is 212 g/mol. The fourth-order valence-corrected chi connectivity index (χ4v) is 2.72. The van der Waals surface area contributed by atoms with Crippen LogP contribution in [0, 0.1) is 11.8 Å². The van der Waals surface area contributed by atoms with Crippen molar-refractivity contribution in [1.82, 2.24) is 4.72 Å². The Morgan fingerprint density at radius 3 is 2.73 bits per heavy atom. The van der Waals surface area contributed by atoms with Gasteiger partial charge in [0, 0.05) is 18.7 Å². The van der Waals surface area contributed by atoms with Gasteiger partial charge in [0.25, 0.3) is 0 Å². The Morgan fingerprint density at radius 1 is 1.47 bits per heavy atom. The van der Waals surface area contributed by atoms with Gasteiger partial charge in [0.05, 0.1) is 11.0 Å². The molecule has 0 aromatic rings. The molecule has 1 fully saturated rings. The van der Waals surface area contributed by atoms with Gasteiger partial charge < -0.3 is 5.73 Å². The molecule has 1 saturated carbocycles. The summed E-state index contributed by atoms with van der Waals surface area (Å²) < 4.78 is 13.7. The lowest BCUT2D eigenvalue weighted by Gasteiger charge is -2.29. The molecule has 4 nitrogen and oxygen atoms in total. The van der Waals surface area contributed by atoms with Gasteiger partial charge in [0.1, 0.15) is 0 Å². The van der Waals surface area contributed by atoms with Gasteiger partial charge in [-0.1, -0.05) is 12.8 Å². The summed E-state index contributed by atoms with van der Waals surface area (Å²) in [4.78, 5) is 11.2. The smallest absolute Gasteiger partial charge is 0.220 e. The average Bonchev–Trinajstić information content (AvgIpc) is 2.17. The fraction of sp³-hybridized carbons (Fsp3) is 0.900. The molecule has 0 aromatic heterocycles. The molecule has 1 aliphatic rings. The molecule has 3 atom stereocenters. The molecule has 0 aromatic carbocycles. The molecule has 1 aliphatic carbocycles. The number of hydrogen-bond donors (Lipinski definition) is 2. The van der Waals surface area contributed by atoms with E-state index in [0.29, 0.717) is 12.5 Å². The second-order valence-electron chi connectivity index (χ2n) is 4.19. The Balaban J connectivity index is 2.36. The van der Waals surface area contributed by atoms with E-state index in [2.05, 4.69) is 4.72 Å². The predicted octanol–water partition coefficient (Wildman–Crippen LogP) is 0.551. The third-order valence-corrected chi connectivity index (χ3v) is 3.71. The zero-order valence-electron chi connectivity index (χ0n) is 9.20. The van der Waals surface area contributed by atoms with Gasteiger partial charge in [-0.05, 0) is 25.2 Å². The highest BCUT2D eigenvalue weighted by Crippen LogP contribution is 2.31. The van der Waals surface area contributed by atoms with Gasteiger partial charge in [-0.15, -0.1) is 0 Å². The van der Waals surface area contributed by atoms with Crippen molar-refractivity contribution >= 4 is 16.9 Å². The van der Waals surface area contributed by atoms with Crippen LogP contribution in [0.3, 0.4) is 0 Å². The van der Waals surface area contributed by atoms with Gasteiger partial charge in [0.2, 0.25) is 5.91 Å². The first-order valence-corrected chi connectivity index (χ1v) is 7.03. The minimum Gasteiger partial charge on any atom is -0.369 e. The maximum Gasteiger partial charge on any atom is 0.220 e. The Morgan fingerprint density at radius 2 is 2.13 bits per heavy atom. The molecule has 0 aliphatic heterocycles. The van der Waals surface area contributed by atoms with E-state index in [1.165, 1.54) is 6.42 Å². The molecule has 0 saturated heterocycles. The molecule has 0 radical (unpaired) electrons. The number of nitrogens with one attached hydrogen (secondary N) is 1. The maximum atomic E-state index is 11.2. The quantitative estimate of drug-likeness (QED) is 0.726. The number of amides is 1. The van der Waals surface area contributed by atoms with E-state index in [4.69, 9.17) is 5.73 Å². The molecular formula is C10H20N2O2S. The van der Waals surface area contributed by atoms with Crippen LogP contribution < -0.4 is 10.5 Å². The highest BCUT2D eigenvalue weighted by molar-refractivity contribution is 7.82. The SMILES string of the molecule is CS(=O)NCCC1CCCCC1C(N)=O. The van der Waals surface area contributed by atoms with E-state index >= 15 is 0 Å². The van der Waals surface area contributed by atoms with Crippen LogP contribution in [0.5, 0.6) is 0 Å². The van der Waals surface area contributed by atoms with E-state index in [-0.39, 0.29) is 11.8 Å². The number of carbonyl (C=O) groups excluding carboxylic acids is 1. The summed E-state index contributed by atoms with van der Waals surface area (Å²) in [5, 5.41) is 0. The first kappa shape index (κ1) is 12.6. The summed E-state index contributed by atoms with van der Waals surface area (Å²) >= 11 is 0. The minimum atomic E-state index is -0.958. The third-order valence-electron chi connectivity index (χ3n) is 3.09. The molecule has 3 unspecified atom stereocenters. The minimum absolute atomic E-state index is 0.0332. The molecule has 0 heterocycles. The zero-order valence-corrected chi connectivity index (χ0v) is 10.0. The third kappa shape index (κ3) is 4.30. The zero-order chi connectivity index (χ0) is 11.3. The molecule has 1 rings (SSSR count). The topological polar surface area (TPSA) is 72.2 Å². The van der Waals surface area contributed by atoms with E-state index in [1.807, 2.05) is 0 Å². The summed E-state index contributed by atoms with van der Waals surface area (Å²) in [7, 11) is -0.958. The normalized spacial score (nSPS) is 28.6. The number of nitrogens with two attached hydrogens (primary N) is 1. The van der Waals surface area contributed by atoms with E-state index in [9.17, 15) is 9.00 Å². The lowest BCUT2D eigenvalue weighted by molar-refractivity contribution is -0.124. The van der Waals surface area contributed by atoms with Crippen molar-refractivity contribution in [2.45, 2.75) is 32.1 Å². The highest BCUT2D eigenvalue weighted by atomic mass is 32.2. The second kappa shape index (κ2) is 6.23. The fourth-order valence-electron chi connectivity index (χ4n) is 2.32. The Hall–Kier alpha value is -0.420. The Bertz CT molecular complexity index is 246. The standard InChI is InChI=1S/C10H20N2O2S/c1-15(14)12-7-6-8-4-2-3-5-9(8)10(11)13/h8-9,12H,2-7H2,1H3,(H2,11,13). The summed E-state index contributed by atoms with van der Waals surface area (Å²) in [5.74, 6) is 0.246. The van der Waals surface area contributed by atoms with Crippen LogP contribution in [0.25, 0.3) is 0 Å². The van der Waals surface area contributed by atoms with Gasteiger partial charge in [0.15, 0.2) is 0 Å². The van der Waals surface area contributed by atoms with Crippen molar-refractivity contribution in [2.75, 3.05) is 12.8 Å². The Labute approximate surface area is 93.6 Å². The molecule has 1 amide bonds. The summed E-state index contributed by atoms with van der Waals surface area (Å²) in [6.45, 7) is 0.706. The van der Waals surface area contributed by atoms with Gasteiger partial charge in [-0.2, -0.15) is 0 Å². The van der Waals surface area contributed by atoms with Gasteiger partial charge >= 0.3 is 0 Å². The first-order valence-electron chi connectivity index (χ1n) is 5.47. The molecule has 3 N–H and O–H groups in total. The van der Waals surface area contributed by atoms with Crippen molar-refractivity contribution in [2.24, 2.45) is 17.6 Å². The Kier molecular flexibility index (Phi) is 5.25. The van der Waals surface area contributed by atoms with Crippen molar-refractivity contribution in [3.05, 3.63) is 0 Å².